The molecule has 0 aliphatic carbocycles. The second-order valence-corrected chi connectivity index (χ2v) is 6.63. The highest BCUT2D eigenvalue weighted by molar-refractivity contribution is 6.41. The molecular weight excluding hydrogens is 345 g/mol. The van der Waals surface area contributed by atoms with Crippen molar-refractivity contribution in [1.82, 2.24) is 4.98 Å². The third-order valence-corrected chi connectivity index (χ3v) is 4.84. The Morgan fingerprint density at radius 1 is 1.08 bits per heavy atom. The van der Waals surface area contributed by atoms with Crippen molar-refractivity contribution in [3.63, 3.8) is 0 Å². The number of hydrogen-bond donors (Lipinski definition) is 1. The van der Waals surface area contributed by atoms with Crippen molar-refractivity contribution in [3.05, 3.63) is 52.3 Å². The van der Waals surface area contributed by atoms with E-state index < -0.39 is 0 Å². The molecule has 0 atom stereocenters. The summed E-state index contributed by atoms with van der Waals surface area (Å²) in [5.74, 6) is -0.247. The molecule has 126 valence electrons. The Morgan fingerprint density at radius 2 is 1.79 bits per heavy atom. The number of hydrogen-bond acceptors (Lipinski definition) is 3. The summed E-state index contributed by atoms with van der Waals surface area (Å²) in [5.41, 5.74) is 2.24. The molecule has 3 rings (SSSR count). The molecule has 1 aromatic carbocycles. The van der Waals surface area contributed by atoms with Gasteiger partial charge in [-0.2, -0.15) is 0 Å². The van der Waals surface area contributed by atoms with Gasteiger partial charge in [-0.15, -0.1) is 0 Å². The molecule has 0 bridgehead atoms. The van der Waals surface area contributed by atoms with Gasteiger partial charge in [0.05, 0.1) is 22.0 Å². The van der Waals surface area contributed by atoms with Crippen LogP contribution in [0.15, 0.2) is 36.5 Å². The lowest BCUT2D eigenvalue weighted by Crippen LogP contribution is -2.25. The van der Waals surface area contributed by atoms with Gasteiger partial charge in [0.25, 0.3) is 5.91 Å². The Bertz CT molecular complexity index is 728. The lowest BCUT2D eigenvalue weighted by molar-refractivity contribution is 0.102. The molecule has 6 heteroatoms. The Balaban J connectivity index is 1.81. The highest BCUT2D eigenvalue weighted by atomic mass is 35.5. The van der Waals surface area contributed by atoms with Crippen molar-refractivity contribution in [2.75, 3.05) is 23.3 Å². The number of pyridine rings is 1. The predicted octanol–water partition coefficient (Wildman–Crippen LogP) is 5.02. The van der Waals surface area contributed by atoms with Gasteiger partial charge in [0.1, 0.15) is 5.15 Å². The van der Waals surface area contributed by atoms with Crippen LogP contribution < -0.4 is 10.2 Å². The Hall–Kier alpha value is -1.78. The number of amides is 1. The summed E-state index contributed by atoms with van der Waals surface area (Å²) in [5, 5.41) is 3.43. The Labute approximate surface area is 151 Å². The minimum Gasteiger partial charge on any atom is -0.370 e. The predicted molar refractivity (Wildman–Crippen MR) is 99.3 cm³/mol. The van der Waals surface area contributed by atoms with E-state index in [4.69, 9.17) is 23.2 Å². The molecule has 0 unspecified atom stereocenters. The average molecular weight is 364 g/mol. The summed E-state index contributed by atoms with van der Waals surface area (Å²) < 4.78 is 0. The zero-order valence-corrected chi connectivity index (χ0v) is 14.8. The number of carbonyl (C=O) groups is 1. The van der Waals surface area contributed by atoms with E-state index in [9.17, 15) is 4.79 Å². The summed E-state index contributed by atoms with van der Waals surface area (Å²) in [7, 11) is 0. The monoisotopic (exact) mass is 363 g/mol. The smallest absolute Gasteiger partial charge is 0.257 e. The van der Waals surface area contributed by atoms with Gasteiger partial charge in [0.2, 0.25) is 0 Å². The highest BCUT2D eigenvalue weighted by Gasteiger charge is 2.16. The molecule has 2 aromatic rings. The van der Waals surface area contributed by atoms with Crippen LogP contribution in [0.5, 0.6) is 0 Å². The SMILES string of the molecule is O=C(Nc1ccccc1N1CCCCCC1)c1cnc(Cl)c(Cl)c1. The van der Waals surface area contributed by atoms with Gasteiger partial charge >= 0.3 is 0 Å². The average Bonchev–Trinajstić information content (AvgIpc) is 2.87. The van der Waals surface area contributed by atoms with E-state index in [1.165, 1.54) is 37.9 Å². The second-order valence-electron chi connectivity index (χ2n) is 5.87. The zero-order chi connectivity index (χ0) is 16.9. The maximum Gasteiger partial charge on any atom is 0.257 e. The molecule has 1 aromatic heterocycles. The van der Waals surface area contributed by atoms with Crippen molar-refractivity contribution < 1.29 is 4.79 Å². The third-order valence-electron chi connectivity index (χ3n) is 4.16. The summed E-state index contributed by atoms with van der Waals surface area (Å²) in [4.78, 5) is 18.8. The first-order chi connectivity index (χ1) is 11.6. The van der Waals surface area contributed by atoms with E-state index in [-0.39, 0.29) is 16.1 Å². The number of para-hydroxylation sites is 2. The van der Waals surface area contributed by atoms with Crippen molar-refractivity contribution in [2.45, 2.75) is 25.7 Å². The number of rotatable bonds is 3. The van der Waals surface area contributed by atoms with Crippen molar-refractivity contribution in [3.8, 4) is 0 Å². The summed E-state index contributed by atoms with van der Waals surface area (Å²) >= 11 is 11.8. The number of anilines is 2. The number of benzene rings is 1. The van der Waals surface area contributed by atoms with E-state index in [0.29, 0.717) is 5.56 Å². The maximum absolute atomic E-state index is 12.5. The number of halogens is 2. The van der Waals surface area contributed by atoms with Crippen LogP contribution in [0.3, 0.4) is 0 Å². The van der Waals surface area contributed by atoms with Crippen LogP contribution in [-0.2, 0) is 0 Å². The minimum atomic E-state index is -0.247. The van der Waals surface area contributed by atoms with Crippen LogP contribution in [-0.4, -0.2) is 24.0 Å². The van der Waals surface area contributed by atoms with Gasteiger partial charge < -0.3 is 10.2 Å². The Kier molecular flexibility index (Phi) is 5.59. The van der Waals surface area contributed by atoms with Gasteiger partial charge in [-0.25, -0.2) is 4.98 Å². The minimum absolute atomic E-state index is 0.193. The third kappa shape index (κ3) is 4.00. The van der Waals surface area contributed by atoms with Gasteiger partial charge in [-0.1, -0.05) is 48.2 Å². The second kappa shape index (κ2) is 7.86. The lowest BCUT2D eigenvalue weighted by atomic mass is 10.2. The molecule has 1 aliphatic heterocycles. The molecule has 0 radical (unpaired) electrons. The van der Waals surface area contributed by atoms with Gasteiger partial charge in [-0.3, -0.25) is 4.79 Å². The maximum atomic E-state index is 12.5. The fourth-order valence-electron chi connectivity index (χ4n) is 2.91. The Morgan fingerprint density at radius 3 is 2.50 bits per heavy atom. The lowest BCUT2D eigenvalue weighted by Gasteiger charge is -2.25. The first kappa shape index (κ1) is 17.1. The van der Waals surface area contributed by atoms with E-state index in [2.05, 4.69) is 15.2 Å². The molecule has 0 spiro atoms. The van der Waals surface area contributed by atoms with Gasteiger partial charge in [-0.05, 0) is 31.0 Å². The molecule has 2 heterocycles. The fourth-order valence-corrected chi connectivity index (χ4v) is 3.18. The zero-order valence-electron chi connectivity index (χ0n) is 13.3. The van der Waals surface area contributed by atoms with Crippen LogP contribution in [0.1, 0.15) is 36.0 Å². The molecule has 24 heavy (non-hydrogen) atoms. The van der Waals surface area contributed by atoms with Crippen LogP contribution >= 0.6 is 23.2 Å². The van der Waals surface area contributed by atoms with E-state index in [1.807, 2.05) is 24.3 Å². The van der Waals surface area contributed by atoms with Gasteiger partial charge in [0.15, 0.2) is 0 Å². The number of nitrogens with zero attached hydrogens (tertiary/aromatic N) is 2. The molecule has 0 saturated carbocycles. The van der Waals surface area contributed by atoms with Crippen LogP contribution in [0.4, 0.5) is 11.4 Å². The number of carbonyl (C=O) groups excluding carboxylic acids is 1. The molecule has 4 nitrogen and oxygen atoms in total. The largest absolute Gasteiger partial charge is 0.370 e. The molecule has 1 N–H and O–H groups in total. The topological polar surface area (TPSA) is 45.2 Å². The first-order valence-corrected chi connectivity index (χ1v) is 8.87. The number of nitrogens with one attached hydrogen (secondary N) is 1. The standard InChI is InChI=1S/C18H19Cl2N3O/c19-14-11-13(12-21-17(14)20)18(24)22-15-7-3-4-8-16(15)23-9-5-1-2-6-10-23/h3-4,7-8,11-12H,1-2,5-6,9-10H2,(H,22,24). The summed E-state index contributed by atoms with van der Waals surface area (Å²) in [6.07, 6.45) is 6.32. The van der Waals surface area contributed by atoms with Crippen molar-refractivity contribution in [1.29, 1.82) is 0 Å². The van der Waals surface area contributed by atoms with Crippen LogP contribution in [0.2, 0.25) is 10.2 Å². The van der Waals surface area contributed by atoms with Crippen LogP contribution in [0.25, 0.3) is 0 Å². The summed E-state index contributed by atoms with van der Waals surface area (Å²) in [6.45, 7) is 2.03. The quantitative estimate of drug-likeness (QED) is 0.778. The first-order valence-electron chi connectivity index (χ1n) is 8.11. The molecule has 1 amide bonds. The van der Waals surface area contributed by atoms with Gasteiger partial charge in [0, 0.05) is 19.3 Å². The van der Waals surface area contributed by atoms with Crippen LogP contribution in [0, 0.1) is 0 Å². The summed E-state index contributed by atoms with van der Waals surface area (Å²) in [6, 6.07) is 9.42. The normalized spacial score (nSPS) is 15.0. The molecule has 1 saturated heterocycles. The van der Waals surface area contributed by atoms with E-state index >= 15 is 0 Å². The van der Waals surface area contributed by atoms with Crippen molar-refractivity contribution in [2.24, 2.45) is 0 Å². The highest BCUT2D eigenvalue weighted by Crippen LogP contribution is 2.28. The molecule has 1 aliphatic rings. The van der Waals surface area contributed by atoms with E-state index in [0.717, 1.165) is 24.5 Å². The molecule has 1 fully saturated rings. The fraction of sp³-hybridized carbons (Fsp3) is 0.333. The molecular formula is C18H19Cl2N3O. The van der Waals surface area contributed by atoms with Crippen molar-refractivity contribution >= 4 is 40.5 Å². The number of aromatic nitrogens is 1. The van der Waals surface area contributed by atoms with E-state index in [1.54, 1.807) is 0 Å².